The first kappa shape index (κ1) is 13.4. The number of nitrogens with one attached hydrogen (secondary N) is 1. The monoisotopic (exact) mass is 249 g/mol. The molecule has 1 rings (SSSR count). The van der Waals surface area contributed by atoms with E-state index in [1.165, 1.54) is 7.11 Å². The number of methoxy groups -OCH3 is 1. The van der Waals surface area contributed by atoms with Gasteiger partial charge in [0.15, 0.2) is 9.84 Å². The normalized spacial score (nSPS) is 30.7. The van der Waals surface area contributed by atoms with Crippen molar-refractivity contribution in [1.82, 2.24) is 5.32 Å². The molecule has 0 saturated carbocycles. The van der Waals surface area contributed by atoms with Gasteiger partial charge in [-0.05, 0) is 5.92 Å². The molecule has 0 spiro atoms. The van der Waals surface area contributed by atoms with Gasteiger partial charge in [0.25, 0.3) is 0 Å². The number of rotatable bonds is 3. The molecule has 1 aliphatic heterocycles. The molecule has 0 aromatic rings. The standard InChI is InChI=1S/C10H19NO4S/c1-4-7(2)8-5-16(13,14)6-9(11-8)10(12)15-3/h7-9,11H,4-6H2,1-3H3. The van der Waals surface area contributed by atoms with Crippen molar-refractivity contribution < 1.29 is 17.9 Å². The first-order valence-corrected chi connectivity index (χ1v) is 7.26. The van der Waals surface area contributed by atoms with Gasteiger partial charge in [0.05, 0.1) is 18.6 Å². The quantitative estimate of drug-likeness (QED) is 0.711. The Balaban J connectivity index is 2.81. The Hall–Kier alpha value is -0.620. The summed E-state index contributed by atoms with van der Waals surface area (Å²) in [6.45, 7) is 3.98. The van der Waals surface area contributed by atoms with Gasteiger partial charge in [-0.2, -0.15) is 0 Å². The summed E-state index contributed by atoms with van der Waals surface area (Å²) in [6, 6.07) is -0.879. The fraction of sp³-hybridized carbons (Fsp3) is 0.900. The summed E-state index contributed by atoms with van der Waals surface area (Å²) >= 11 is 0. The lowest BCUT2D eigenvalue weighted by molar-refractivity contribution is -0.142. The summed E-state index contributed by atoms with van der Waals surface area (Å²) in [5.41, 5.74) is 0. The molecule has 3 atom stereocenters. The zero-order valence-electron chi connectivity index (χ0n) is 9.89. The summed E-state index contributed by atoms with van der Waals surface area (Å²) in [6.07, 6.45) is 0.876. The molecule has 0 aliphatic carbocycles. The Morgan fingerprint density at radius 1 is 1.50 bits per heavy atom. The van der Waals surface area contributed by atoms with Crippen molar-refractivity contribution in [3.8, 4) is 0 Å². The number of ether oxygens (including phenoxy) is 1. The zero-order chi connectivity index (χ0) is 12.3. The second-order valence-corrected chi connectivity index (χ2v) is 6.47. The predicted octanol–water partition coefficient (Wildman–Crippen LogP) is -0.0393. The van der Waals surface area contributed by atoms with Crippen molar-refractivity contribution in [2.24, 2.45) is 5.92 Å². The van der Waals surface area contributed by atoms with Crippen molar-refractivity contribution >= 4 is 15.8 Å². The predicted molar refractivity (Wildman–Crippen MR) is 60.8 cm³/mol. The van der Waals surface area contributed by atoms with E-state index in [9.17, 15) is 13.2 Å². The Bertz CT molecular complexity index is 352. The second-order valence-electron chi connectivity index (χ2n) is 4.31. The second kappa shape index (κ2) is 5.14. The average molecular weight is 249 g/mol. The van der Waals surface area contributed by atoms with Crippen LogP contribution in [0.15, 0.2) is 0 Å². The van der Waals surface area contributed by atoms with Crippen LogP contribution in [-0.2, 0) is 19.4 Å². The van der Waals surface area contributed by atoms with Crippen LogP contribution in [0.25, 0.3) is 0 Å². The van der Waals surface area contributed by atoms with Crippen LogP contribution in [0.5, 0.6) is 0 Å². The van der Waals surface area contributed by atoms with Crippen LogP contribution in [0.2, 0.25) is 0 Å². The van der Waals surface area contributed by atoms with Gasteiger partial charge in [-0.3, -0.25) is 10.1 Å². The molecule has 0 aromatic carbocycles. The van der Waals surface area contributed by atoms with Crippen LogP contribution in [0, 0.1) is 5.92 Å². The number of hydrogen-bond acceptors (Lipinski definition) is 5. The highest BCUT2D eigenvalue weighted by atomic mass is 32.2. The molecule has 94 valence electrons. The Kier molecular flexibility index (Phi) is 4.32. The van der Waals surface area contributed by atoms with E-state index in [1.54, 1.807) is 0 Å². The molecular weight excluding hydrogens is 230 g/mol. The first-order chi connectivity index (χ1) is 7.39. The SMILES string of the molecule is CCC(C)C1CS(=O)(=O)CC(C(=O)OC)N1. The molecule has 0 aromatic heterocycles. The van der Waals surface area contributed by atoms with E-state index in [0.29, 0.717) is 0 Å². The third kappa shape index (κ3) is 3.18. The smallest absolute Gasteiger partial charge is 0.323 e. The minimum atomic E-state index is -3.15. The fourth-order valence-electron chi connectivity index (χ4n) is 1.84. The highest BCUT2D eigenvalue weighted by molar-refractivity contribution is 7.91. The van der Waals surface area contributed by atoms with Gasteiger partial charge in [0.1, 0.15) is 6.04 Å². The summed E-state index contributed by atoms with van der Waals surface area (Å²) in [5.74, 6) is -0.332. The Morgan fingerprint density at radius 2 is 2.12 bits per heavy atom. The number of carbonyl (C=O) groups is 1. The maximum absolute atomic E-state index is 11.7. The molecule has 1 aliphatic rings. The number of sulfone groups is 1. The summed E-state index contributed by atoms with van der Waals surface area (Å²) < 4.78 is 27.9. The minimum absolute atomic E-state index is 0.107. The highest BCUT2D eigenvalue weighted by Crippen LogP contribution is 2.16. The molecule has 0 bridgehead atoms. The zero-order valence-corrected chi connectivity index (χ0v) is 10.7. The largest absolute Gasteiger partial charge is 0.468 e. The van der Waals surface area contributed by atoms with Gasteiger partial charge >= 0.3 is 5.97 Å². The van der Waals surface area contributed by atoms with Gasteiger partial charge in [-0.25, -0.2) is 8.42 Å². The van der Waals surface area contributed by atoms with E-state index in [0.717, 1.165) is 6.42 Å². The van der Waals surface area contributed by atoms with Crippen molar-refractivity contribution in [2.45, 2.75) is 32.4 Å². The third-order valence-electron chi connectivity index (χ3n) is 3.09. The van der Waals surface area contributed by atoms with Gasteiger partial charge < -0.3 is 4.74 Å². The van der Waals surface area contributed by atoms with Crippen molar-refractivity contribution in [2.75, 3.05) is 18.6 Å². The van der Waals surface area contributed by atoms with Crippen LogP contribution in [-0.4, -0.2) is 45.1 Å². The molecule has 1 saturated heterocycles. The van der Waals surface area contributed by atoms with Gasteiger partial charge in [-0.1, -0.05) is 20.3 Å². The molecule has 16 heavy (non-hydrogen) atoms. The van der Waals surface area contributed by atoms with Crippen molar-refractivity contribution in [3.05, 3.63) is 0 Å². The minimum Gasteiger partial charge on any atom is -0.468 e. The van der Waals surface area contributed by atoms with Gasteiger partial charge in [0.2, 0.25) is 0 Å². The Labute approximate surface area is 96.5 Å². The topological polar surface area (TPSA) is 72.5 Å². The number of carbonyl (C=O) groups excluding carboxylic acids is 1. The van der Waals surface area contributed by atoms with E-state index in [2.05, 4.69) is 10.1 Å². The van der Waals surface area contributed by atoms with Crippen LogP contribution >= 0.6 is 0 Å². The molecule has 6 heteroatoms. The van der Waals surface area contributed by atoms with E-state index in [4.69, 9.17) is 0 Å². The van der Waals surface area contributed by atoms with Gasteiger partial charge in [-0.15, -0.1) is 0 Å². The lowest BCUT2D eigenvalue weighted by atomic mass is 10.00. The van der Waals surface area contributed by atoms with E-state index in [1.807, 2.05) is 13.8 Å². The number of hydrogen-bond donors (Lipinski definition) is 1. The van der Waals surface area contributed by atoms with Crippen LogP contribution in [0.4, 0.5) is 0 Å². The molecule has 1 fully saturated rings. The summed E-state index contributed by atoms with van der Waals surface area (Å²) in [4.78, 5) is 11.4. The summed E-state index contributed by atoms with van der Waals surface area (Å²) in [5, 5.41) is 3.06. The molecular formula is C10H19NO4S. The fourth-order valence-corrected chi connectivity index (χ4v) is 3.69. The Morgan fingerprint density at radius 3 is 2.62 bits per heavy atom. The lowest BCUT2D eigenvalue weighted by Crippen LogP contribution is -2.57. The molecule has 0 radical (unpaired) electrons. The average Bonchev–Trinajstić information content (AvgIpc) is 2.24. The van der Waals surface area contributed by atoms with Crippen molar-refractivity contribution in [3.63, 3.8) is 0 Å². The van der Waals surface area contributed by atoms with Crippen LogP contribution in [0.3, 0.4) is 0 Å². The maximum atomic E-state index is 11.7. The van der Waals surface area contributed by atoms with Crippen LogP contribution < -0.4 is 5.32 Å². The molecule has 1 heterocycles. The van der Waals surface area contributed by atoms with Gasteiger partial charge in [0, 0.05) is 6.04 Å². The first-order valence-electron chi connectivity index (χ1n) is 5.44. The van der Waals surface area contributed by atoms with E-state index < -0.39 is 21.8 Å². The summed E-state index contributed by atoms with van der Waals surface area (Å²) in [7, 11) is -1.89. The molecule has 0 amide bonds. The molecule has 1 N–H and O–H groups in total. The van der Waals surface area contributed by atoms with Crippen molar-refractivity contribution in [1.29, 1.82) is 0 Å². The lowest BCUT2D eigenvalue weighted by Gasteiger charge is -2.32. The van der Waals surface area contributed by atoms with E-state index >= 15 is 0 Å². The maximum Gasteiger partial charge on any atom is 0.323 e. The molecule has 3 unspecified atom stereocenters. The van der Waals surface area contributed by atoms with Crippen LogP contribution in [0.1, 0.15) is 20.3 Å². The number of esters is 1. The highest BCUT2D eigenvalue weighted by Gasteiger charge is 2.37. The van der Waals surface area contributed by atoms with E-state index in [-0.39, 0.29) is 23.5 Å². The molecule has 5 nitrogen and oxygen atoms in total. The third-order valence-corrected chi connectivity index (χ3v) is 4.79.